The van der Waals surface area contributed by atoms with Crippen LogP contribution in [0.25, 0.3) is 0 Å². The molecule has 0 saturated heterocycles. The van der Waals surface area contributed by atoms with Crippen molar-refractivity contribution in [1.29, 1.82) is 0 Å². The van der Waals surface area contributed by atoms with Crippen molar-refractivity contribution in [3.05, 3.63) is 38.9 Å². The minimum Gasteiger partial charge on any atom is -0.449 e. The smallest absolute Gasteiger partial charge is 0.340 e. The molecule has 0 radical (unpaired) electrons. The van der Waals surface area contributed by atoms with E-state index in [1.165, 1.54) is 38.3 Å². The Morgan fingerprint density at radius 2 is 1.79 bits per heavy atom. The first kappa shape index (κ1) is 19.2. The third-order valence-electron chi connectivity index (χ3n) is 6.46. The molecule has 1 atom stereocenters. The highest BCUT2D eigenvalue weighted by Gasteiger charge is 2.51. The normalized spacial score (nSPS) is 31.3. The molecule has 1 N–H and O–H groups in total. The summed E-state index contributed by atoms with van der Waals surface area (Å²) in [5, 5.41) is 13.9. The summed E-state index contributed by atoms with van der Waals surface area (Å²) in [7, 11) is 0. The van der Waals surface area contributed by atoms with Gasteiger partial charge in [-0.25, -0.2) is 4.79 Å². The van der Waals surface area contributed by atoms with E-state index in [1.807, 2.05) is 0 Å². The molecule has 1 aromatic rings. The van der Waals surface area contributed by atoms with Gasteiger partial charge in [0.2, 0.25) is 0 Å². The molecule has 1 aromatic carbocycles. The third kappa shape index (κ3) is 3.60. The Morgan fingerprint density at radius 1 is 1.21 bits per heavy atom. The van der Waals surface area contributed by atoms with Crippen molar-refractivity contribution in [1.82, 2.24) is 5.32 Å². The zero-order chi connectivity index (χ0) is 20.1. The van der Waals surface area contributed by atoms with Crippen molar-refractivity contribution < 1.29 is 19.2 Å². The Morgan fingerprint density at radius 3 is 2.29 bits per heavy atom. The molecule has 0 unspecified atom stereocenters. The molecule has 8 heteroatoms. The molecule has 4 saturated carbocycles. The Kier molecular flexibility index (Phi) is 4.81. The summed E-state index contributed by atoms with van der Waals surface area (Å²) >= 11 is 5.97. The van der Waals surface area contributed by atoms with Crippen molar-refractivity contribution in [3.63, 3.8) is 0 Å². The molecule has 0 aliphatic heterocycles. The molecule has 4 aliphatic carbocycles. The number of hydrogen-bond acceptors (Lipinski definition) is 5. The van der Waals surface area contributed by atoms with Gasteiger partial charge in [0, 0.05) is 17.7 Å². The van der Waals surface area contributed by atoms with Gasteiger partial charge in [0.25, 0.3) is 11.6 Å². The standard InChI is InChI=1S/C20H23ClN2O5/c1-11(28-19(25)16-3-2-15(23(26)27)7-17(16)21)18(24)22-20-8-12-4-13(9-20)6-14(5-12)10-20/h2-3,7,11-14H,4-6,8-10H2,1H3,(H,22,24)/t11-,12?,13?,14?,20?/m1/s1. The fraction of sp³-hybridized carbons (Fsp3) is 0.600. The van der Waals surface area contributed by atoms with Crippen LogP contribution in [0, 0.1) is 27.9 Å². The Bertz CT molecular complexity index is 805. The highest BCUT2D eigenvalue weighted by atomic mass is 35.5. The maximum absolute atomic E-state index is 12.7. The minimum absolute atomic E-state index is 0.00159. The maximum atomic E-state index is 12.7. The summed E-state index contributed by atoms with van der Waals surface area (Å²) in [4.78, 5) is 35.3. The largest absolute Gasteiger partial charge is 0.449 e. The first-order chi connectivity index (χ1) is 13.2. The van der Waals surface area contributed by atoms with E-state index >= 15 is 0 Å². The lowest BCUT2D eigenvalue weighted by Gasteiger charge is -2.57. The Labute approximate surface area is 167 Å². The number of carbonyl (C=O) groups is 2. The van der Waals surface area contributed by atoms with E-state index in [1.54, 1.807) is 0 Å². The molecule has 28 heavy (non-hydrogen) atoms. The Balaban J connectivity index is 1.39. The number of nitro groups is 1. The molecule has 0 heterocycles. The number of benzene rings is 1. The Hall–Kier alpha value is -2.15. The van der Waals surface area contributed by atoms with Crippen LogP contribution in [0.5, 0.6) is 0 Å². The fourth-order valence-electron chi connectivity index (χ4n) is 5.69. The average molecular weight is 407 g/mol. The summed E-state index contributed by atoms with van der Waals surface area (Å²) < 4.78 is 5.29. The maximum Gasteiger partial charge on any atom is 0.340 e. The first-order valence-corrected chi connectivity index (χ1v) is 10.1. The topological polar surface area (TPSA) is 98.5 Å². The highest BCUT2D eigenvalue weighted by Crippen LogP contribution is 2.55. The zero-order valence-corrected chi connectivity index (χ0v) is 16.4. The van der Waals surface area contributed by atoms with Gasteiger partial charge in [0.15, 0.2) is 6.10 Å². The second kappa shape index (κ2) is 7.03. The second-order valence-corrected chi connectivity index (χ2v) is 9.06. The molecular weight excluding hydrogens is 384 g/mol. The van der Waals surface area contributed by atoms with Crippen LogP contribution < -0.4 is 5.32 Å². The van der Waals surface area contributed by atoms with E-state index < -0.39 is 17.0 Å². The molecule has 0 spiro atoms. The summed E-state index contributed by atoms with van der Waals surface area (Å²) in [5.74, 6) is 1.02. The van der Waals surface area contributed by atoms with Crippen molar-refractivity contribution in [2.24, 2.45) is 17.8 Å². The minimum atomic E-state index is -0.966. The van der Waals surface area contributed by atoms with Crippen LogP contribution in [0.15, 0.2) is 18.2 Å². The van der Waals surface area contributed by atoms with E-state index in [0.717, 1.165) is 25.3 Å². The summed E-state index contributed by atoms with van der Waals surface area (Å²) in [5.41, 5.74) is -0.367. The number of nitrogens with one attached hydrogen (secondary N) is 1. The van der Waals surface area contributed by atoms with Crippen LogP contribution in [-0.4, -0.2) is 28.4 Å². The molecule has 5 rings (SSSR count). The van der Waals surface area contributed by atoms with Crippen molar-refractivity contribution in [2.45, 2.75) is 57.1 Å². The number of ether oxygens (including phenoxy) is 1. The number of nitrogens with zero attached hydrogens (tertiary/aromatic N) is 1. The monoisotopic (exact) mass is 406 g/mol. The first-order valence-electron chi connectivity index (χ1n) is 9.71. The summed E-state index contributed by atoms with van der Waals surface area (Å²) in [6.07, 6.45) is 5.90. The van der Waals surface area contributed by atoms with Crippen LogP contribution in [0.2, 0.25) is 5.02 Å². The quantitative estimate of drug-likeness (QED) is 0.454. The zero-order valence-electron chi connectivity index (χ0n) is 15.7. The lowest BCUT2D eigenvalue weighted by atomic mass is 9.53. The summed E-state index contributed by atoms with van der Waals surface area (Å²) in [6.45, 7) is 1.53. The van der Waals surface area contributed by atoms with Gasteiger partial charge in [0.1, 0.15) is 0 Å². The van der Waals surface area contributed by atoms with E-state index in [9.17, 15) is 19.7 Å². The second-order valence-electron chi connectivity index (χ2n) is 8.66. The van der Waals surface area contributed by atoms with Crippen LogP contribution in [0.4, 0.5) is 5.69 Å². The van der Waals surface area contributed by atoms with Crippen LogP contribution in [-0.2, 0) is 9.53 Å². The van der Waals surface area contributed by atoms with Crippen LogP contribution in [0.3, 0.4) is 0 Å². The van der Waals surface area contributed by atoms with Crippen molar-refractivity contribution in [3.8, 4) is 0 Å². The number of esters is 1. The van der Waals surface area contributed by atoms with Crippen LogP contribution in [0.1, 0.15) is 55.8 Å². The number of amides is 1. The third-order valence-corrected chi connectivity index (χ3v) is 6.78. The van der Waals surface area contributed by atoms with Gasteiger partial charge in [-0.15, -0.1) is 0 Å². The van der Waals surface area contributed by atoms with Gasteiger partial charge >= 0.3 is 5.97 Å². The van der Waals surface area contributed by atoms with Gasteiger partial charge in [-0.1, -0.05) is 11.6 Å². The molecule has 1 amide bonds. The molecule has 4 fully saturated rings. The van der Waals surface area contributed by atoms with Crippen molar-refractivity contribution >= 4 is 29.2 Å². The molecule has 4 bridgehead atoms. The van der Waals surface area contributed by atoms with Gasteiger partial charge in [0.05, 0.1) is 15.5 Å². The predicted octanol–water partition coefficient (Wildman–Crippen LogP) is 3.88. The van der Waals surface area contributed by atoms with Gasteiger partial charge in [-0.2, -0.15) is 0 Å². The number of hydrogen-bond donors (Lipinski definition) is 1. The SMILES string of the molecule is C[C@@H](OC(=O)c1ccc([N+](=O)[O-])cc1Cl)C(=O)NC12CC3CC(CC(C3)C1)C2. The summed E-state index contributed by atoms with van der Waals surface area (Å²) in [6, 6.07) is 3.52. The number of halogens is 1. The molecule has 4 aliphatic rings. The molecule has 0 aromatic heterocycles. The van der Waals surface area contributed by atoms with E-state index in [-0.39, 0.29) is 27.7 Å². The molecule has 7 nitrogen and oxygen atoms in total. The average Bonchev–Trinajstić information content (AvgIpc) is 2.59. The van der Waals surface area contributed by atoms with Gasteiger partial charge in [-0.05, 0) is 69.3 Å². The fourth-order valence-corrected chi connectivity index (χ4v) is 5.94. The van der Waals surface area contributed by atoms with E-state index in [2.05, 4.69) is 5.32 Å². The predicted molar refractivity (Wildman–Crippen MR) is 102 cm³/mol. The lowest BCUT2D eigenvalue weighted by molar-refractivity contribution is -0.384. The van der Waals surface area contributed by atoms with Crippen LogP contribution >= 0.6 is 11.6 Å². The van der Waals surface area contributed by atoms with Crippen molar-refractivity contribution in [2.75, 3.05) is 0 Å². The number of nitro benzene ring substituents is 1. The number of carbonyl (C=O) groups excluding carboxylic acids is 2. The molecular formula is C20H23ClN2O5. The number of non-ortho nitro benzene ring substituents is 1. The van der Waals surface area contributed by atoms with E-state index in [0.29, 0.717) is 17.8 Å². The van der Waals surface area contributed by atoms with Gasteiger partial charge in [-0.3, -0.25) is 14.9 Å². The van der Waals surface area contributed by atoms with Gasteiger partial charge < -0.3 is 10.1 Å². The number of rotatable bonds is 5. The molecule has 150 valence electrons. The van der Waals surface area contributed by atoms with E-state index in [4.69, 9.17) is 16.3 Å². The lowest BCUT2D eigenvalue weighted by Crippen LogP contribution is -2.61. The highest BCUT2D eigenvalue weighted by molar-refractivity contribution is 6.33.